The Labute approximate surface area is 217 Å². The molecule has 0 unspecified atom stereocenters. The minimum atomic E-state index is -0.455. The number of oxazole rings is 1. The van der Waals surface area contributed by atoms with E-state index in [1.807, 2.05) is 18.2 Å². The fraction of sp³-hybridized carbons (Fsp3) is 0.433. The molecule has 1 aliphatic heterocycles. The molecule has 5 atom stereocenters. The van der Waals surface area contributed by atoms with Gasteiger partial charge in [0, 0.05) is 35.4 Å². The molecule has 2 aliphatic carbocycles. The molecule has 3 aromatic rings. The van der Waals surface area contributed by atoms with Crippen LogP contribution in [-0.4, -0.2) is 29.5 Å². The molecule has 7 nitrogen and oxygen atoms in total. The molecule has 2 saturated carbocycles. The van der Waals surface area contributed by atoms with Crippen molar-refractivity contribution in [1.82, 2.24) is 4.98 Å². The number of primary amides is 1. The molecule has 1 amide bonds. The van der Waals surface area contributed by atoms with Gasteiger partial charge >= 0.3 is 0 Å². The van der Waals surface area contributed by atoms with Gasteiger partial charge in [-0.1, -0.05) is 25.0 Å². The average molecular weight is 496 g/mol. The number of amides is 1. The van der Waals surface area contributed by atoms with Crippen molar-refractivity contribution in [2.24, 2.45) is 23.5 Å². The molecule has 7 heteroatoms. The van der Waals surface area contributed by atoms with E-state index in [4.69, 9.17) is 15.4 Å². The maximum Gasteiger partial charge on any atom is 0.295 e. The molecule has 2 aromatic carbocycles. The molecule has 0 spiro atoms. The van der Waals surface area contributed by atoms with Crippen molar-refractivity contribution < 1.29 is 9.21 Å². The third-order valence-corrected chi connectivity index (χ3v) is 8.70. The Hall–Kier alpha value is -3.79. The number of hydrogen-bond donors (Lipinski definition) is 2. The van der Waals surface area contributed by atoms with Gasteiger partial charge in [-0.25, -0.2) is 4.98 Å². The molecule has 1 aromatic heterocycles. The van der Waals surface area contributed by atoms with E-state index in [0.717, 1.165) is 30.0 Å². The minimum absolute atomic E-state index is 0.347. The van der Waals surface area contributed by atoms with E-state index < -0.39 is 5.91 Å². The molecule has 2 bridgehead atoms. The summed E-state index contributed by atoms with van der Waals surface area (Å²) in [4.78, 5) is 18.6. The first-order valence-corrected chi connectivity index (χ1v) is 13.5. The molecule has 190 valence electrons. The molecule has 2 heterocycles. The first kappa shape index (κ1) is 23.6. The molecule has 0 radical (unpaired) electrons. The highest BCUT2D eigenvalue weighted by molar-refractivity contribution is 5.93. The fourth-order valence-electron chi connectivity index (χ4n) is 6.96. The summed E-state index contributed by atoms with van der Waals surface area (Å²) in [5.41, 5.74) is 8.65. The molecule has 1 saturated heterocycles. The van der Waals surface area contributed by atoms with Crippen LogP contribution in [0.1, 0.15) is 60.9 Å². The number of hydrogen-bond acceptors (Lipinski definition) is 6. The lowest BCUT2D eigenvalue weighted by Crippen LogP contribution is -2.41. The molecule has 37 heavy (non-hydrogen) atoms. The topological polar surface area (TPSA) is 108 Å². The maximum atomic E-state index is 11.6. The second-order valence-electron chi connectivity index (χ2n) is 11.0. The van der Waals surface area contributed by atoms with Crippen molar-refractivity contribution in [1.29, 1.82) is 5.26 Å². The third kappa shape index (κ3) is 4.81. The fourth-order valence-corrected chi connectivity index (χ4v) is 6.96. The van der Waals surface area contributed by atoms with E-state index >= 15 is 0 Å². The number of rotatable bonds is 7. The average Bonchev–Trinajstić information content (AvgIpc) is 3.66. The van der Waals surface area contributed by atoms with E-state index in [-0.39, 0.29) is 0 Å². The van der Waals surface area contributed by atoms with Gasteiger partial charge in [0.25, 0.3) is 6.01 Å². The zero-order valence-corrected chi connectivity index (χ0v) is 21.0. The van der Waals surface area contributed by atoms with Crippen molar-refractivity contribution in [3.05, 3.63) is 65.9 Å². The first-order chi connectivity index (χ1) is 18.1. The first-order valence-electron chi connectivity index (χ1n) is 13.5. The highest BCUT2D eigenvalue weighted by Gasteiger charge is 2.46. The van der Waals surface area contributed by atoms with Crippen LogP contribution in [0.3, 0.4) is 0 Å². The number of benzene rings is 2. The van der Waals surface area contributed by atoms with Gasteiger partial charge in [-0.3, -0.25) is 4.79 Å². The quantitative estimate of drug-likeness (QED) is 0.442. The molecular formula is C30H33N5O2. The van der Waals surface area contributed by atoms with Crippen molar-refractivity contribution in [2.45, 2.75) is 57.0 Å². The number of nitrogens with zero attached hydrogens (tertiary/aromatic N) is 3. The molecule has 6 rings (SSSR count). The van der Waals surface area contributed by atoms with Gasteiger partial charge in [0.2, 0.25) is 5.91 Å². The van der Waals surface area contributed by atoms with Crippen LogP contribution < -0.4 is 16.0 Å². The summed E-state index contributed by atoms with van der Waals surface area (Å²) in [6, 6.07) is 18.9. The molecular weight excluding hydrogens is 462 g/mol. The predicted molar refractivity (Wildman–Crippen MR) is 143 cm³/mol. The normalized spacial score (nSPS) is 26.7. The Balaban J connectivity index is 1.13. The van der Waals surface area contributed by atoms with E-state index in [0.29, 0.717) is 41.3 Å². The van der Waals surface area contributed by atoms with Crippen LogP contribution in [0.5, 0.6) is 0 Å². The van der Waals surface area contributed by atoms with Crippen molar-refractivity contribution >= 4 is 17.6 Å². The summed E-state index contributed by atoms with van der Waals surface area (Å²) in [6.45, 7) is 1.13. The van der Waals surface area contributed by atoms with Gasteiger partial charge in [-0.15, -0.1) is 0 Å². The van der Waals surface area contributed by atoms with Gasteiger partial charge in [-0.2, -0.15) is 5.26 Å². The maximum absolute atomic E-state index is 11.6. The van der Waals surface area contributed by atoms with Gasteiger partial charge in [-0.05, 0) is 86.3 Å². The summed E-state index contributed by atoms with van der Waals surface area (Å²) in [5, 5.41) is 12.8. The lowest BCUT2D eigenvalue weighted by molar-refractivity contribution is 0.100. The number of carbonyl (C=O) groups is 1. The monoisotopic (exact) mass is 495 g/mol. The Morgan fingerprint density at radius 2 is 1.97 bits per heavy atom. The SMILES string of the molecule is N#Cc1ccc(N2C[C@@H]3C[C@H](C[C@@H]4CCCC[C@H]4Nc4ncc(-c5cccc(C(N)=O)c5)o4)[C@H]2C3)cc1. The van der Waals surface area contributed by atoms with Crippen LogP contribution in [0, 0.1) is 29.1 Å². The summed E-state index contributed by atoms with van der Waals surface area (Å²) in [5.74, 6) is 2.23. The largest absolute Gasteiger partial charge is 0.424 e. The van der Waals surface area contributed by atoms with Gasteiger partial charge in [0.05, 0.1) is 17.8 Å². The number of carbonyl (C=O) groups excluding carboxylic acids is 1. The van der Waals surface area contributed by atoms with Gasteiger partial charge < -0.3 is 20.4 Å². The number of nitrogens with one attached hydrogen (secondary N) is 1. The number of fused-ring (bicyclic) bond motifs is 2. The second kappa shape index (κ2) is 9.93. The van der Waals surface area contributed by atoms with Crippen LogP contribution in [0.25, 0.3) is 11.3 Å². The molecule has 3 aliphatic rings. The third-order valence-electron chi connectivity index (χ3n) is 8.70. The smallest absolute Gasteiger partial charge is 0.295 e. The Kier molecular flexibility index (Phi) is 6.33. The minimum Gasteiger partial charge on any atom is -0.424 e. The molecule has 3 fully saturated rings. The van der Waals surface area contributed by atoms with Crippen LogP contribution in [0.2, 0.25) is 0 Å². The predicted octanol–water partition coefficient (Wildman–Crippen LogP) is 5.59. The number of aromatic nitrogens is 1. The molecule has 3 N–H and O–H groups in total. The second-order valence-corrected chi connectivity index (χ2v) is 11.0. The van der Waals surface area contributed by atoms with Crippen molar-refractivity contribution in [3.8, 4) is 17.4 Å². The van der Waals surface area contributed by atoms with E-state index in [1.165, 1.54) is 44.2 Å². The van der Waals surface area contributed by atoms with Crippen LogP contribution in [0.4, 0.5) is 11.7 Å². The summed E-state index contributed by atoms with van der Waals surface area (Å²) < 4.78 is 6.06. The van der Waals surface area contributed by atoms with Crippen LogP contribution in [-0.2, 0) is 0 Å². The summed E-state index contributed by atoms with van der Waals surface area (Å²) in [6.07, 6.45) is 10.4. The number of nitriles is 1. The zero-order valence-electron chi connectivity index (χ0n) is 21.0. The van der Waals surface area contributed by atoms with Crippen LogP contribution >= 0.6 is 0 Å². The lowest BCUT2D eigenvalue weighted by Gasteiger charge is -2.39. The lowest BCUT2D eigenvalue weighted by atomic mass is 9.77. The summed E-state index contributed by atoms with van der Waals surface area (Å²) >= 11 is 0. The van der Waals surface area contributed by atoms with Gasteiger partial charge in [0.1, 0.15) is 0 Å². The zero-order chi connectivity index (χ0) is 25.4. The van der Waals surface area contributed by atoms with Crippen molar-refractivity contribution in [3.63, 3.8) is 0 Å². The number of piperidine rings is 1. The van der Waals surface area contributed by atoms with Crippen LogP contribution in [0.15, 0.2) is 59.1 Å². The standard InChI is InChI=1S/C30H33N5O2/c31-16-19-8-10-25(11-9-19)35-18-20-12-24(27(35)13-20)14-21-4-1-2-7-26(21)34-30-33-17-28(37-30)22-5-3-6-23(15-22)29(32)36/h3,5-6,8-11,15,17,20-21,24,26-27H,1-2,4,7,12-14,18H2,(H2,32,36)(H,33,34)/t20-,21+,24-,26-,27-/m1/s1. The Bertz CT molecular complexity index is 1310. The van der Waals surface area contributed by atoms with E-state index in [9.17, 15) is 4.79 Å². The van der Waals surface area contributed by atoms with E-state index in [2.05, 4.69) is 33.4 Å². The van der Waals surface area contributed by atoms with E-state index in [1.54, 1.807) is 24.4 Å². The number of nitrogens with two attached hydrogens (primary N) is 1. The number of anilines is 2. The summed E-state index contributed by atoms with van der Waals surface area (Å²) in [7, 11) is 0. The highest BCUT2D eigenvalue weighted by Crippen LogP contribution is 2.48. The van der Waals surface area contributed by atoms with Crippen molar-refractivity contribution in [2.75, 3.05) is 16.8 Å². The Morgan fingerprint density at radius 1 is 1.14 bits per heavy atom. The van der Waals surface area contributed by atoms with Gasteiger partial charge in [0.15, 0.2) is 5.76 Å². The highest BCUT2D eigenvalue weighted by atomic mass is 16.4. The Morgan fingerprint density at radius 3 is 2.76 bits per heavy atom.